The molecule has 0 fully saturated rings. The number of hydrogen-bond donors (Lipinski definition) is 1. The van der Waals surface area contributed by atoms with Gasteiger partial charge in [-0.2, -0.15) is 0 Å². The summed E-state index contributed by atoms with van der Waals surface area (Å²) in [6.45, 7) is 0. The predicted octanol–water partition coefficient (Wildman–Crippen LogP) is 0.724. The zero-order chi connectivity index (χ0) is 14.2. The number of fused-ring (bicyclic) bond motifs is 1. The van der Waals surface area contributed by atoms with Crippen LogP contribution in [0, 0.1) is 0 Å². The number of carboxylic acid groups (broad SMARTS) is 1. The molecule has 0 unspecified atom stereocenters. The van der Waals surface area contributed by atoms with Crippen LogP contribution in [0.3, 0.4) is 0 Å². The van der Waals surface area contributed by atoms with Gasteiger partial charge in [-0.25, -0.2) is 23.2 Å². The number of aromatic carboxylic acids is 1. The molecule has 8 heteroatoms. The molecule has 0 aliphatic rings. The number of rotatable bonds is 3. The first-order chi connectivity index (χ1) is 8.80. The summed E-state index contributed by atoms with van der Waals surface area (Å²) < 4.78 is 24.1. The summed E-state index contributed by atoms with van der Waals surface area (Å²) in [5, 5.41) is 9.43. The van der Waals surface area contributed by atoms with Gasteiger partial charge in [0.15, 0.2) is 5.82 Å². The first-order valence-electron chi connectivity index (χ1n) is 5.24. The number of nitrogens with zero attached hydrogens (tertiary/aromatic N) is 3. The van der Waals surface area contributed by atoms with Crippen LogP contribution in [-0.2, 0) is 10.0 Å². The third kappa shape index (κ3) is 2.48. The van der Waals surface area contributed by atoms with Gasteiger partial charge >= 0.3 is 5.97 Å². The van der Waals surface area contributed by atoms with Crippen molar-refractivity contribution < 1.29 is 18.3 Å². The number of anilines is 1. The smallest absolute Gasteiger partial charge is 0.374 e. The van der Waals surface area contributed by atoms with Crippen LogP contribution < -0.4 is 4.31 Å². The Kier molecular flexibility index (Phi) is 3.11. The van der Waals surface area contributed by atoms with Gasteiger partial charge < -0.3 is 5.11 Å². The molecule has 100 valence electrons. The lowest BCUT2D eigenvalue weighted by Gasteiger charge is -2.17. The lowest BCUT2D eigenvalue weighted by Crippen LogP contribution is -2.27. The Balaban J connectivity index is 2.81. The Labute approximate surface area is 109 Å². The molecule has 0 spiro atoms. The number of para-hydroxylation sites is 1. The monoisotopic (exact) mass is 281 g/mol. The molecule has 0 aliphatic heterocycles. The molecule has 1 N–H and O–H groups in total. The molecule has 2 rings (SSSR count). The van der Waals surface area contributed by atoms with Crippen LogP contribution in [-0.4, -0.2) is 42.8 Å². The maximum absolute atomic E-state index is 11.6. The highest BCUT2D eigenvalue weighted by molar-refractivity contribution is 7.92. The highest BCUT2D eigenvalue weighted by Crippen LogP contribution is 2.24. The Morgan fingerprint density at radius 3 is 2.47 bits per heavy atom. The van der Waals surface area contributed by atoms with E-state index in [4.69, 9.17) is 5.11 Å². The van der Waals surface area contributed by atoms with Crippen molar-refractivity contribution in [2.45, 2.75) is 0 Å². The van der Waals surface area contributed by atoms with E-state index in [2.05, 4.69) is 9.97 Å². The van der Waals surface area contributed by atoms with E-state index in [1.165, 1.54) is 7.05 Å². The second-order valence-electron chi connectivity index (χ2n) is 3.92. The topological polar surface area (TPSA) is 100 Å². The van der Waals surface area contributed by atoms with Gasteiger partial charge in [0, 0.05) is 12.4 Å². The van der Waals surface area contributed by atoms with E-state index < -0.39 is 21.8 Å². The molecule has 0 saturated carbocycles. The van der Waals surface area contributed by atoms with Crippen LogP contribution in [0.5, 0.6) is 0 Å². The lowest BCUT2D eigenvalue weighted by atomic mass is 10.2. The Morgan fingerprint density at radius 1 is 1.26 bits per heavy atom. The molecular weight excluding hydrogens is 270 g/mol. The minimum Gasteiger partial charge on any atom is -0.475 e. The molecule has 1 aromatic heterocycles. The molecule has 0 atom stereocenters. The van der Waals surface area contributed by atoms with Crippen molar-refractivity contribution in [3.8, 4) is 0 Å². The largest absolute Gasteiger partial charge is 0.475 e. The normalized spacial score (nSPS) is 11.5. The minimum absolute atomic E-state index is 0.0468. The average molecular weight is 281 g/mol. The second-order valence-corrected chi connectivity index (χ2v) is 5.94. The Morgan fingerprint density at radius 2 is 1.89 bits per heavy atom. The Hall–Kier alpha value is -2.22. The standard InChI is InChI=1S/C11H11N3O4S/c1-14(19(2,17)18)10-7-5-3-4-6-8(7)12-9(13-10)11(15)16/h3-6H,1-2H3,(H,15,16). The molecule has 0 saturated heterocycles. The van der Waals surface area contributed by atoms with Crippen LogP contribution in [0.1, 0.15) is 10.6 Å². The predicted molar refractivity (Wildman–Crippen MR) is 69.7 cm³/mol. The van der Waals surface area contributed by atoms with Crippen molar-refractivity contribution in [1.29, 1.82) is 0 Å². The summed E-state index contributed by atoms with van der Waals surface area (Å²) in [5.74, 6) is -1.70. The highest BCUT2D eigenvalue weighted by Gasteiger charge is 2.20. The number of aromatic nitrogens is 2. The van der Waals surface area contributed by atoms with Gasteiger partial charge in [0.05, 0.1) is 11.8 Å². The van der Waals surface area contributed by atoms with Crippen molar-refractivity contribution in [3.63, 3.8) is 0 Å². The van der Waals surface area contributed by atoms with Crippen LogP contribution >= 0.6 is 0 Å². The first kappa shape index (κ1) is 13.2. The molecule has 0 aliphatic carbocycles. The van der Waals surface area contributed by atoms with Crippen LogP contribution in [0.4, 0.5) is 5.82 Å². The summed E-state index contributed by atoms with van der Waals surface area (Å²) in [6.07, 6.45) is 1.02. The van der Waals surface area contributed by atoms with Gasteiger partial charge in [0.1, 0.15) is 0 Å². The van der Waals surface area contributed by atoms with Crippen molar-refractivity contribution >= 4 is 32.7 Å². The summed E-state index contributed by atoms with van der Waals surface area (Å²) in [6, 6.07) is 6.62. The summed E-state index contributed by atoms with van der Waals surface area (Å²) in [4.78, 5) is 18.6. The van der Waals surface area contributed by atoms with Crippen LogP contribution in [0.25, 0.3) is 10.9 Å². The maximum Gasteiger partial charge on any atom is 0.374 e. The second kappa shape index (κ2) is 4.47. The lowest BCUT2D eigenvalue weighted by molar-refractivity contribution is 0.0684. The minimum atomic E-state index is -3.54. The maximum atomic E-state index is 11.6. The van der Waals surface area contributed by atoms with Crippen molar-refractivity contribution in [3.05, 3.63) is 30.1 Å². The molecule has 0 amide bonds. The zero-order valence-electron chi connectivity index (χ0n) is 10.2. The number of carboxylic acids is 1. The summed E-state index contributed by atoms with van der Waals surface area (Å²) >= 11 is 0. The number of carbonyl (C=O) groups is 1. The molecule has 19 heavy (non-hydrogen) atoms. The van der Waals surface area contributed by atoms with E-state index in [0.29, 0.717) is 10.9 Å². The fraction of sp³-hybridized carbons (Fsp3) is 0.182. The average Bonchev–Trinajstić information content (AvgIpc) is 2.35. The van der Waals surface area contributed by atoms with Crippen molar-refractivity contribution in [2.24, 2.45) is 0 Å². The van der Waals surface area contributed by atoms with Gasteiger partial charge in [0.25, 0.3) is 0 Å². The van der Waals surface area contributed by atoms with Crippen LogP contribution in [0.15, 0.2) is 24.3 Å². The van der Waals surface area contributed by atoms with Gasteiger partial charge in [-0.05, 0) is 12.1 Å². The number of hydrogen-bond acceptors (Lipinski definition) is 5. The van der Waals surface area contributed by atoms with Crippen molar-refractivity contribution in [1.82, 2.24) is 9.97 Å². The first-order valence-corrected chi connectivity index (χ1v) is 7.09. The van der Waals surface area contributed by atoms with Gasteiger partial charge in [-0.3, -0.25) is 4.31 Å². The molecule has 1 aromatic carbocycles. The molecule has 7 nitrogen and oxygen atoms in total. The molecule has 0 bridgehead atoms. The van der Waals surface area contributed by atoms with E-state index in [0.717, 1.165) is 10.6 Å². The number of benzene rings is 1. The summed E-state index contributed by atoms with van der Waals surface area (Å²) in [7, 11) is -2.22. The fourth-order valence-corrected chi connectivity index (χ4v) is 2.01. The third-order valence-corrected chi connectivity index (χ3v) is 3.74. The third-order valence-electron chi connectivity index (χ3n) is 2.57. The quantitative estimate of drug-likeness (QED) is 0.889. The van der Waals surface area contributed by atoms with Gasteiger partial charge in [-0.1, -0.05) is 12.1 Å². The summed E-state index contributed by atoms with van der Waals surface area (Å²) in [5.41, 5.74) is 0.375. The fourth-order valence-electron chi connectivity index (χ4n) is 1.55. The van der Waals surface area contributed by atoms with Gasteiger partial charge in [-0.15, -0.1) is 0 Å². The number of sulfonamides is 1. The Bertz CT molecular complexity index is 758. The van der Waals surface area contributed by atoms with E-state index >= 15 is 0 Å². The van der Waals surface area contributed by atoms with E-state index in [9.17, 15) is 13.2 Å². The van der Waals surface area contributed by atoms with E-state index in [1.54, 1.807) is 24.3 Å². The highest BCUT2D eigenvalue weighted by atomic mass is 32.2. The van der Waals surface area contributed by atoms with E-state index in [-0.39, 0.29) is 5.82 Å². The van der Waals surface area contributed by atoms with Crippen LogP contribution in [0.2, 0.25) is 0 Å². The zero-order valence-corrected chi connectivity index (χ0v) is 11.0. The van der Waals surface area contributed by atoms with Gasteiger partial charge in [0.2, 0.25) is 15.8 Å². The molecule has 1 heterocycles. The van der Waals surface area contributed by atoms with E-state index in [1.807, 2.05) is 0 Å². The molecule has 2 aromatic rings. The molecular formula is C11H11N3O4S. The molecule has 0 radical (unpaired) electrons. The van der Waals surface area contributed by atoms with Crippen molar-refractivity contribution in [2.75, 3.05) is 17.6 Å². The SMILES string of the molecule is CN(c1nc(C(=O)O)nc2ccccc12)S(C)(=O)=O.